The van der Waals surface area contributed by atoms with Crippen LogP contribution in [0.25, 0.3) is 0 Å². The molecule has 1 N–H and O–H groups in total. The number of piperidine rings is 1. The predicted octanol–water partition coefficient (Wildman–Crippen LogP) is 3.65. The van der Waals surface area contributed by atoms with Gasteiger partial charge in [-0.25, -0.2) is 14.8 Å². The summed E-state index contributed by atoms with van der Waals surface area (Å²) in [6.07, 6.45) is -3.72. The van der Waals surface area contributed by atoms with Crippen LogP contribution in [0.3, 0.4) is 0 Å². The molecular weight excluding hydrogens is 499 g/mol. The van der Waals surface area contributed by atoms with Gasteiger partial charge in [-0.15, -0.1) is 10.2 Å². The van der Waals surface area contributed by atoms with E-state index in [1.165, 1.54) is 5.51 Å². The lowest BCUT2D eigenvalue weighted by molar-refractivity contribution is -0.141. The minimum absolute atomic E-state index is 0.0734. The number of anilines is 3. The van der Waals surface area contributed by atoms with Crippen molar-refractivity contribution in [2.45, 2.75) is 38.1 Å². The van der Waals surface area contributed by atoms with Crippen molar-refractivity contribution in [2.24, 2.45) is 0 Å². The normalized spacial score (nSPS) is 16.5. The summed E-state index contributed by atoms with van der Waals surface area (Å²) in [6.45, 7) is 0.916. The molecule has 0 saturated carbocycles. The van der Waals surface area contributed by atoms with Crippen molar-refractivity contribution in [2.75, 3.05) is 28.2 Å². The largest absolute Gasteiger partial charge is 0.444 e. The number of fused-ring (bicyclic) bond motifs is 1. The van der Waals surface area contributed by atoms with Crippen molar-refractivity contribution in [3.8, 4) is 0 Å². The highest BCUT2D eigenvalue weighted by Gasteiger charge is 2.38. The Bertz CT molecular complexity index is 1260. The molecule has 0 radical (unpaired) electrons. The molecule has 5 rings (SSSR count). The standard InChI is InChI=1S/C22H20F3N7O3S/c23-22(24,25)18-14(9-17(33)28-20-30-27-12-36-20)10-26-19(29-18)31-7-5-15(6-8-31)32-16-4-2-1-3-13(16)11-35-21(32)34/h1-4,10,12,15H,5-9,11H2,(H,28,30,33). The van der Waals surface area contributed by atoms with Crippen molar-refractivity contribution >= 4 is 40.1 Å². The molecule has 188 valence electrons. The number of nitrogens with zero attached hydrogens (tertiary/aromatic N) is 6. The monoisotopic (exact) mass is 519 g/mol. The molecule has 2 aliphatic rings. The van der Waals surface area contributed by atoms with Gasteiger partial charge in [0, 0.05) is 36.5 Å². The SMILES string of the molecule is O=C(Cc1cnc(N2CCC(N3C(=O)OCc4ccccc43)CC2)nc1C(F)(F)F)Nc1nncs1. The highest BCUT2D eigenvalue weighted by molar-refractivity contribution is 7.13. The summed E-state index contributed by atoms with van der Waals surface area (Å²) < 4.78 is 46.7. The number of aromatic nitrogens is 4. The second kappa shape index (κ2) is 9.68. The van der Waals surface area contributed by atoms with Gasteiger partial charge in [0.1, 0.15) is 12.1 Å². The summed E-state index contributed by atoms with van der Waals surface area (Å²) >= 11 is 1.05. The van der Waals surface area contributed by atoms with E-state index in [1.807, 2.05) is 24.3 Å². The van der Waals surface area contributed by atoms with E-state index < -0.39 is 30.3 Å². The van der Waals surface area contributed by atoms with E-state index in [1.54, 1.807) is 9.80 Å². The van der Waals surface area contributed by atoms with Crippen molar-refractivity contribution < 1.29 is 27.5 Å². The Labute approximate surface area is 207 Å². The Morgan fingerprint density at radius 2 is 2.00 bits per heavy atom. The third-order valence-corrected chi connectivity index (χ3v) is 6.60. The number of ether oxygens (including phenoxy) is 1. The molecule has 1 aromatic carbocycles. The lowest BCUT2D eigenvalue weighted by Crippen LogP contribution is -2.49. The third-order valence-electron chi connectivity index (χ3n) is 5.99. The molecule has 2 amide bonds. The average Bonchev–Trinajstić information content (AvgIpc) is 3.37. The van der Waals surface area contributed by atoms with Gasteiger partial charge in [0.2, 0.25) is 17.0 Å². The first kappa shape index (κ1) is 23.9. The Morgan fingerprint density at radius 3 is 2.72 bits per heavy atom. The molecule has 4 heterocycles. The maximum absolute atomic E-state index is 13.8. The van der Waals surface area contributed by atoms with Crippen LogP contribution in [-0.4, -0.2) is 51.3 Å². The van der Waals surface area contributed by atoms with Gasteiger partial charge in [0.05, 0.1) is 12.1 Å². The molecule has 0 spiro atoms. The molecule has 36 heavy (non-hydrogen) atoms. The molecule has 0 bridgehead atoms. The predicted molar refractivity (Wildman–Crippen MR) is 124 cm³/mol. The van der Waals surface area contributed by atoms with Crippen molar-refractivity contribution in [1.29, 1.82) is 0 Å². The number of cyclic esters (lactones) is 1. The molecule has 2 aliphatic heterocycles. The van der Waals surface area contributed by atoms with E-state index >= 15 is 0 Å². The van der Waals surface area contributed by atoms with Gasteiger partial charge in [-0.2, -0.15) is 13.2 Å². The number of rotatable bonds is 5. The Balaban J connectivity index is 1.30. The average molecular weight is 520 g/mol. The van der Waals surface area contributed by atoms with Crippen LogP contribution in [0, 0.1) is 0 Å². The number of hydrogen-bond acceptors (Lipinski definition) is 9. The number of hydrogen-bond donors (Lipinski definition) is 1. The van der Waals surface area contributed by atoms with Crippen LogP contribution < -0.4 is 15.1 Å². The summed E-state index contributed by atoms with van der Waals surface area (Å²) in [4.78, 5) is 35.9. The number of amides is 2. The van der Waals surface area contributed by atoms with Gasteiger partial charge < -0.3 is 15.0 Å². The quantitative estimate of drug-likeness (QED) is 0.544. The van der Waals surface area contributed by atoms with E-state index in [9.17, 15) is 22.8 Å². The fourth-order valence-electron chi connectivity index (χ4n) is 4.33. The van der Waals surface area contributed by atoms with Crippen molar-refractivity contribution in [1.82, 2.24) is 20.2 Å². The van der Waals surface area contributed by atoms with Crippen molar-refractivity contribution in [3.05, 3.63) is 52.8 Å². The second-order valence-corrected chi connectivity index (χ2v) is 9.12. The Hall–Kier alpha value is -3.81. The number of para-hydroxylation sites is 1. The van der Waals surface area contributed by atoms with Gasteiger partial charge in [0.25, 0.3) is 0 Å². The maximum atomic E-state index is 13.8. The van der Waals surface area contributed by atoms with Crippen LogP contribution in [0.5, 0.6) is 0 Å². The Morgan fingerprint density at radius 1 is 1.22 bits per heavy atom. The molecule has 0 unspecified atom stereocenters. The fourth-order valence-corrected chi connectivity index (χ4v) is 4.79. The van der Waals surface area contributed by atoms with Crippen molar-refractivity contribution in [3.63, 3.8) is 0 Å². The minimum Gasteiger partial charge on any atom is -0.444 e. The van der Waals surface area contributed by atoms with Crippen LogP contribution in [0.2, 0.25) is 0 Å². The number of carbonyl (C=O) groups is 2. The molecular formula is C22H20F3N7O3S. The lowest BCUT2D eigenvalue weighted by Gasteiger charge is -2.40. The zero-order chi connectivity index (χ0) is 25.3. The van der Waals surface area contributed by atoms with E-state index in [0.29, 0.717) is 25.9 Å². The van der Waals surface area contributed by atoms with Crippen LogP contribution in [0.4, 0.5) is 34.7 Å². The number of carbonyl (C=O) groups excluding carboxylic acids is 2. The summed E-state index contributed by atoms with van der Waals surface area (Å²) in [7, 11) is 0. The van der Waals surface area contributed by atoms with E-state index in [-0.39, 0.29) is 29.3 Å². The molecule has 1 saturated heterocycles. The first-order valence-electron chi connectivity index (χ1n) is 11.1. The Kier molecular flexibility index (Phi) is 6.43. The summed E-state index contributed by atoms with van der Waals surface area (Å²) in [5, 5.41) is 9.81. The van der Waals surface area contributed by atoms with E-state index in [4.69, 9.17) is 4.74 Å². The highest BCUT2D eigenvalue weighted by Crippen LogP contribution is 2.34. The van der Waals surface area contributed by atoms with E-state index in [0.717, 1.165) is 28.8 Å². The fraction of sp³-hybridized carbons (Fsp3) is 0.364. The third kappa shape index (κ3) is 4.94. The molecule has 3 aromatic rings. The summed E-state index contributed by atoms with van der Waals surface area (Å²) in [5.74, 6) is -0.751. The second-order valence-electron chi connectivity index (χ2n) is 8.28. The van der Waals surface area contributed by atoms with Crippen LogP contribution in [0.15, 0.2) is 36.0 Å². The number of nitrogens with one attached hydrogen (secondary N) is 1. The van der Waals surface area contributed by atoms with Gasteiger partial charge in [-0.3, -0.25) is 9.69 Å². The van der Waals surface area contributed by atoms with Crippen LogP contribution >= 0.6 is 11.3 Å². The van der Waals surface area contributed by atoms with Gasteiger partial charge in [0.15, 0.2) is 5.69 Å². The number of alkyl halides is 3. The molecule has 14 heteroatoms. The zero-order valence-corrected chi connectivity index (χ0v) is 19.6. The molecule has 10 nitrogen and oxygen atoms in total. The lowest BCUT2D eigenvalue weighted by atomic mass is 10.0. The number of benzene rings is 1. The van der Waals surface area contributed by atoms with Gasteiger partial charge in [-0.05, 0) is 18.9 Å². The van der Waals surface area contributed by atoms with Gasteiger partial charge >= 0.3 is 12.3 Å². The molecule has 1 fully saturated rings. The molecule has 2 aromatic heterocycles. The summed E-state index contributed by atoms with van der Waals surface area (Å²) in [6, 6.07) is 7.31. The van der Waals surface area contributed by atoms with Crippen LogP contribution in [-0.2, 0) is 28.7 Å². The minimum atomic E-state index is -4.77. The topological polar surface area (TPSA) is 113 Å². The first-order chi connectivity index (χ1) is 17.3. The maximum Gasteiger partial charge on any atom is 0.433 e. The number of halogens is 3. The molecule has 0 atom stereocenters. The van der Waals surface area contributed by atoms with E-state index in [2.05, 4.69) is 25.5 Å². The van der Waals surface area contributed by atoms with Gasteiger partial charge in [-0.1, -0.05) is 29.5 Å². The first-order valence-corrected chi connectivity index (χ1v) is 12.0. The smallest absolute Gasteiger partial charge is 0.433 e. The highest BCUT2D eigenvalue weighted by atomic mass is 32.1. The zero-order valence-electron chi connectivity index (χ0n) is 18.7. The summed E-state index contributed by atoms with van der Waals surface area (Å²) in [5.41, 5.74) is 1.60. The van der Waals surface area contributed by atoms with Crippen LogP contribution in [0.1, 0.15) is 29.7 Å². The molecule has 0 aliphatic carbocycles.